The summed E-state index contributed by atoms with van der Waals surface area (Å²) >= 11 is 0. The third kappa shape index (κ3) is 4.46. The van der Waals surface area contributed by atoms with Crippen LogP contribution in [0.5, 0.6) is 11.6 Å². The summed E-state index contributed by atoms with van der Waals surface area (Å²) in [6, 6.07) is 0. The lowest BCUT2D eigenvalue weighted by atomic mass is 10.1. The fourth-order valence-corrected chi connectivity index (χ4v) is 1.58. The lowest BCUT2D eigenvalue weighted by molar-refractivity contribution is -0.386. The summed E-state index contributed by atoms with van der Waals surface area (Å²) in [6.07, 6.45) is -5.18. The van der Waals surface area contributed by atoms with Crippen LogP contribution in [0.4, 0.5) is 18.9 Å². The minimum atomic E-state index is -5.07. The Labute approximate surface area is 121 Å². The van der Waals surface area contributed by atoms with Crippen molar-refractivity contribution in [3.8, 4) is 11.6 Å². The van der Waals surface area contributed by atoms with Crippen LogP contribution in [0.25, 0.3) is 0 Å². The SMILES string of the molecule is CCOC(=O)Cc1c([N+](=O)[O-])cnc(OC(F)(F)F)c1OC. The fourth-order valence-electron chi connectivity index (χ4n) is 1.58. The third-order valence-corrected chi connectivity index (χ3v) is 2.32. The molecule has 1 aromatic rings. The molecule has 0 saturated heterocycles. The molecule has 0 aliphatic rings. The van der Waals surface area contributed by atoms with Gasteiger partial charge in [-0.25, -0.2) is 4.98 Å². The van der Waals surface area contributed by atoms with Crippen LogP contribution in [0, 0.1) is 10.1 Å². The number of rotatable bonds is 6. The molecule has 0 N–H and O–H groups in total. The molecule has 1 rings (SSSR count). The van der Waals surface area contributed by atoms with Gasteiger partial charge in [0, 0.05) is 0 Å². The third-order valence-electron chi connectivity index (χ3n) is 2.32. The van der Waals surface area contributed by atoms with Crippen LogP contribution in [0.2, 0.25) is 0 Å². The van der Waals surface area contributed by atoms with Crippen molar-refractivity contribution < 1.29 is 37.1 Å². The van der Waals surface area contributed by atoms with E-state index in [4.69, 9.17) is 4.74 Å². The van der Waals surface area contributed by atoms with Gasteiger partial charge >= 0.3 is 12.3 Å². The van der Waals surface area contributed by atoms with Gasteiger partial charge in [0.05, 0.1) is 30.6 Å². The zero-order chi connectivity index (χ0) is 16.9. The normalized spacial score (nSPS) is 11.0. The van der Waals surface area contributed by atoms with Gasteiger partial charge in [-0.05, 0) is 6.92 Å². The maximum Gasteiger partial charge on any atom is 0.574 e. The summed E-state index contributed by atoms with van der Waals surface area (Å²) in [7, 11) is 0.971. The van der Waals surface area contributed by atoms with Crippen molar-refractivity contribution in [3.05, 3.63) is 21.9 Å². The van der Waals surface area contributed by atoms with Gasteiger partial charge in [-0.1, -0.05) is 0 Å². The number of aromatic nitrogens is 1. The highest BCUT2D eigenvalue weighted by Gasteiger charge is 2.36. The summed E-state index contributed by atoms with van der Waals surface area (Å²) in [5, 5.41) is 10.9. The van der Waals surface area contributed by atoms with Crippen LogP contribution < -0.4 is 9.47 Å². The Morgan fingerprint density at radius 2 is 2.09 bits per heavy atom. The van der Waals surface area contributed by atoms with E-state index in [1.807, 2.05) is 0 Å². The number of carbonyl (C=O) groups is 1. The predicted molar refractivity (Wildman–Crippen MR) is 64.5 cm³/mol. The van der Waals surface area contributed by atoms with E-state index < -0.39 is 46.6 Å². The number of carbonyl (C=O) groups excluding carboxylic acids is 1. The average molecular weight is 324 g/mol. The second-order valence-corrected chi connectivity index (χ2v) is 3.75. The zero-order valence-electron chi connectivity index (χ0n) is 11.5. The first kappa shape index (κ1) is 17.5. The molecular formula is C11H11F3N2O6. The van der Waals surface area contributed by atoms with Gasteiger partial charge in [0.25, 0.3) is 11.6 Å². The van der Waals surface area contributed by atoms with Crippen molar-refractivity contribution in [1.29, 1.82) is 0 Å². The molecule has 0 spiro atoms. The standard InChI is InChI=1S/C11H11F3N2O6/c1-3-21-8(17)4-6-7(16(18)19)5-15-10(9(6)20-2)22-11(12,13)14/h5H,3-4H2,1-2H3. The summed E-state index contributed by atoms with van der Waals surface area (Å²) in [6.45, 7) is 1.51. The van der Waals surface area contributed by atoms with Crippen molar-refractivity contribution in [2.75, 3.05) is 13.7 Å². The number of methoxy groups -OCH3 is 1. The maximum absolute atomic E-state index is 12.3. The van der Waals surface area contributed by atoms with Crippen molar-refractivity contribution in [2.45, 2.75) is 19.7 Å². The molecule has 0 bridgehead atoms. The molecule has 0 amide bonds. The molecule has 0 fully saturated rings. The van der Waals surface area contributed by atoms with Crippen LogP contribution in [0.1, 0.15) is 12.5 Å². The number of esters is 1. The maximum atomic E-state index is 12.3. The predicted octanol–water partition coefficient (Wildman–Crippen LogP) is 2.00. The molecule has 1 heterocycles. The minimum absolute atomic E-state index is 0.00589. The Balaban J connectivity index is 3.35. The van der Waals surface area contributed by atoms with E-state index in [9.17, 15) is 28.1 Å². The minimum Gasteiger partial charge on any atom is -0.491 e. The number of nitrogens with zero attached hydrogens (tertiary/aromatic N) is 2. The van der Waals surface area contributed by atoms with E-state index in [-0.39, 0.29) is 6.61 Å². The van der Waals surface area contributed by atoms with Crippen LogP contribution >= 0.6 is 0 Å². The quantitative estimate of drug-likeness (QED) is 0.448. The van der Waals surface area contributed by atoms with Crippen molar-refractivity contribution in [1.82, 2.24) is 4.98 Å². The topological polar surface area (TPSA) is 101 Å². The molecule has 0 aromatic carbocycles. The van der Waals surface area contributed by atoms with Crippen molar-refractivity contribution in [3.63, 3.8) is 0 Å². The van der Waals surface area contributed by atoms with Gasteiger partial charge in [0.2, 0.25) is 0 Å². The highest BCUT2D eigenvalue weighted by Crippen LogP contribution is 2.38. The molecule has 11 heteroatoms. The molecule has 22 heavy (non-hydrogen) atoms. The second-order valence-electron chi connectivity index (χ2n) is 3.75. The summed E-state index contributed by atoms with van der Waals surface area (Å²) < 4.78 is 49.8. The Hall–Kier alpha value is -2.59. The number of alkyl halides is 3. The number of hydrogen-bond acceptors (Lipinski definition) is 7. The Morgan fingerprint density at radius 1 is 1.45 bits per heavy atom. The number of hydrogen-bond donors (Lipinski definition) is 0. The van der Waals surface area contributed by atoms with Crippen LogP contribution in [-0.2, 0) is 16.0 Å². The molecule has 0 radical (unpaired) electrons. The zero-order valence-corrected chi connectivity index (χ0v) is 11.5. The molecule has 0 atom stereocenters. The first-order valence-electron chi connectivity index (χ1n) is 5.81. The molecule has 0 aliphatic heterocycles. The number of pyridine rings is 1. The number of ether oxygens (including phenoxy) is 3. The van der Waals surface area contributed by atoms with Gasteiger partial charge in [-0.15, -0.1) is 13.2 Å². The monoisotopic (exact) mass is 324 g/mol. The highest BCUT2D eigenvalue weighted by molar-refractivity contribution is 5.76. The van der Waals surface area contributed by atoms with Crippen molar-refractivity contribution >= 4 is 11.7 Å². The number of halogens is 3. The molecule has 0 unspecified atom stereocenters. The van der Waals surface area contributed by atoms with E-state index in [0.717, 1.165) is 7.11 Å². The Kier molecular flexibility index (Phi) is 5.49. The molecule has 1 aromatic heterocycles. The van der Waals surface area contributed by atoms with E-state index in [2.05, 4.69) is 14.5 Å². The highest BCUT2D eigenvalue weighted by atomic mass is 19.4. The fraction of sp³-hybridized carbons (Fsp3) is 0.455. The lowest BCUT2D eigenvalue weighted by Gasteiger charge is -2.14. The lowest BCUT2D eigenvalue weighted by Crippen LogP contribution is -2.19. The van der Waals surface area contributed by atoms with Crippen LogP contribution in [0.3, 0.4) is 0 Å². The van der Waals surface area contributed by atoms with E-state index in [0.29, 0.717) is 6.20 Å². The smallest absolute Gasteiger partial charge is 0.491 e. The molecular weight excluding hydrogens is 313 g/mol. The molecule has 0 saturated carbocycles. The molecule has 122 valence electrons. The first-order valence-corrected chi connectivity index (χ1v) is 5.81. The molecule has 0 aliphatic carbocycles. The van der Waals surface area contributed by atoms with Crippen molar-refractivity contribution in [2.24, 2.45) is 0 Å². The Bertz CT molecular complexity index is 576. The summed E-state index contributed by atoms with van der Waals surface area (Å²) in [5.41, 5.74) is -1.10. The summed E-state index contributed by atoms with van der Waals surface area (Å²) in [4.78, 5) is 24.7. The van der Waals surface area contributed by atoms with Gasteiger partial charge in [0.1, 0.15) is 6.20 Å². The first-order chi connectivity index (χ1) is 10.2. The van der Waals surface area contributed by atoms with Gasteiger partial charge in [-0.2, -0.15) is 0 Å². The van der Waals surface area contributed by atoms with Gasteiger partial charge in [-0.3, -0.25) is 14.9 Å². The molecule has 8 nitrogen and oxygen atoms in total. The van der Waals surface area contributed by atoms with E-state index >= 15 is 0 Å². The van der Waals surface area contributed by atoms with Crippen LogP contribution in [-0.4, -0.2) is 36.0 Å². The Morgan fingerprint density at radius 3 is 2.55 bits per heavy atom. The van der Waals surface area contributed by atoms with E-state index in [1.165, 1.54) is 6.92 Å². The van der Waals surface area contributed by atoms with Crippen LogP contribution in [0.15, 0.2) is 6.20 Å². The second kappa shape index (κ2) is 6.91. The average Bonchev–Trinajstić information content (AvgIpc) is 2.37. The summed E-state index contributed by atoms with van der Waals surface area (Å²) in [5.74, 6) is -2.55. The van der Waals surface area contributed by atoms with Gasteiger partial charge in [0.15, 0.2) is 5.75 Å². The largest absolute Gasteiger partial charge is 0.574 e. The number of nitro groups is 1. The van der Waals surface area contributed by atoms with E-state index in [1.54, 1.807) is 0 Å². The van der Waals surface area contributed by atoms with Gasteiger partial charge < -0.3 is 14.2 Å².